The highest BCUT2D eigenvalue weighted by molar-refractivity contribution is 7.94. The van der Waals surface area contributed by atoms with Gasteiger partial charge in [-0.1, -0.05) is 5.16 Å². The lowest BCUT2D eigenvalue weighted by Gasteiger charge is -2.10. The fraction of sp³-hybridized carbons (Fsp3) is 0.235. The number of hydrogen-bond donors (Lipinski definition) is 2. The van der Waals surface area contributed by atoms with Crippen LogP contribution in [-0.4, -0.2) is 50.9 Å². The van der Waals surface area contributed by atoms with E-state index in [1.54, 1.807) is 4.90 Å². The van der Waals surface area contributed by atoms with E-state index in [1.807, 2.05) is 0 Å². The van der Waals surface area contributed by atoms with Gasteiger partial charge in [0.15, 0.2) is 0 Å². The molecule has 0 unspecified atom stereocenters. The Morgan fingerprint density at radius 3 is 2.45 bits per heavy atom. The van der Waals surface area contributed by atoms with Crippen molar-refractivity contribution < 1.29 is 26.2 Å². The van der Waals surface area contributed by atoms with Crippen molar-refractivity contribution in [2.24, 2.45) is 5.14 Å². The molecule has 0 aliphatic carbocycles. The molecule has 2 aromatic heterocycles. The van der Waals surface area contributed by atoms with Crippen molar-refractivity contribution in [3.8, 4) is 11.4 Å². The largest absolute Gasteiger partial charge is 0.334 e. The molecular weight excluding hydrogens is 466 g/mol. The Balaban J connectivity index is 1.51. The third kappa shape index (κ3) is 4.61. The minimum atomic E-state index is -3.94. The molecule has 0 atom stereocenters. The highest BCUT2D eigenvalue weighted by Crippen LogP contribution is 2.28. The molecule has 0 radical (unpaired) electrons. The van der Waals surface area contributed by atoms with Crippen molar-refractivity contribution in [2.75, 3.05) is 17.8 Å². The molecule has 164 valence electrons. The van der Waals surface area contributed by atoms with Crippen molar-refractivity contribution in [1.29, 1.82) is 0 Å². The van der Waals surface area contributed by atoms with Crippen LogP contribution in [0.25, 0.3) is 11.4 Å². The summed E-state index contributed by atoms with van der Waals surface area (Å²) in [6.45, 7) is 1.28. The second-order valence-corrected chi connectivity index (χ2v) is 11.1. The number of thiophene rings is 1. The van der Waals surface area contributed by atoms with E-state index in [1.165, 1.54) is 35.7 Å². The molecule has 1 saturated heterocycles. The standard InChI is InChI=1S/C17H17N5O6S3/c18-30(24,25)13-5-3-12(4-6-13)21-31(26,27)14-9-11(10-29-14)15-19-16(28-20-15)17(23)22-7-1-2-8-22/h3-6,9-10,21H,1-2,7-8H2,(H2,18,24,25). The van der Waals surface area contributed by atoms with Gasteiger partial charge in [-0.3, -0.25) is 9.52 Å². The zero-order valence-corrected chi connectivity index (χ0v) is 18.3. The number of likely N-dealkylation sites (tertiary alicyclic amines) is 1. The summed E-state index contributed by atoms with van der Waals surface area (Å²) >= 11 is 0.938. The van der Waals surface area contributed by atoms with Crippen LogP contribution in [0.5, 0.6) is 0 Å². The maximum atomic E-state index is 12.6. The van der Waals surface area contributed by atoms with Gasteiger partial charge in [-0.05, 0) is 43.2 Å². The molecule has 11 nitrogen and oxygen atoms in total. The molecule has 31 heavy (non-hydrogen) atoms. The highest BCUT2D eigenvalue weighted by Gasteiger charge is 2.26. The van der Waals surface area contributed by atoms with Gasteiger partial charge in [0.25, 0.3) is 10.0 Å². The number of benzene rings is 1. The summed E-state index contributed by atoms with van der Waals surface area (Å²) in [4.78, 5) is 17.9. The Labute approximate surface area is 182 Å². The van der Waals surface area contributed by atoms with Gasteiger partial charge >= 0.3 is 11.8 Å². The normalized spacial score (nSPS) is 14.7. The summed E-state index contributed by atoms with van der Waals surface area (Å²) < 4.78 is 55.3. The number of nitrogens with two attached hydrogens (primary N) is 1. The smallest absolute Gasteiger partial charge is 0.316 e. The number of nitrogens with zero attached hydrogens (tertiary/aromatic N) is 3. The monoisotopic (exact) mass is 483 g/mol. The molecule has 14 heteroatoms. The average Bonchev–Trinajstić information content (AvgIpc) is 3.48. The molecule has 3 heterocycles. The third-order valence-electron chi connectivity index (χ3n) is 4.54. The van der Waals surface area contributed by atoms with Crippen LogP contribution in [0.3, 0.4) is 0 Å². The topological polar surface area (TPSA) is 166 Å². The lowest BCUT2D eigenvalue weighted by molar-refractivity contribution is 0.0743. The second kappa shape index (κ2) is 8.03. The van der Waals surface area contributed by atoms with E-state index >= 15 is 0 Å². The van der Waals surface area contributed by atoms with Crippen LogP contribution >= 0.6 is 11.3 Å². The SMILES string of the molecule is NS(=O)(=O)c1ccc(NS(=O)(=O)c2cc(-c3noc(C(=O)N4CCCC4)n3)cs2)cc1. The van der Waals surface area contributed by atoms with Gasteiger partial charge in [0.05, 0.1) is 4.90 Å². The summed E-state index contributed by atoms with van der Waals surface area (Å²) in [5.41, 5.74) is 0.555. The predicted octanol–water partition coefficient (Wildman–Crippen LogP) is 1.48. The number of sulfonamides is 2. The van der Waals surface area contributed by atoms with E-state index in [4.69, 9.17) is 9.66 Å². The number of hydrogen-bond acceptors (Lipinski definition) is 9. The first kappa shape index (κ1) is 21.4. The van der Waals surface area contributed by atoms with Crippen molar-refractivity contribution in [1.82, 2.24) is 15.0 Å². The lowest BCUT2D eigenvalue weighted by Crippen LogP contribution is -2.27. The summed E-state index contributed by atoms with van der Waals surface area (Å²) in [6.07, 6.45) is 1.85. The Morgan fingerprint density at radius 2 is 1.81 bits per heavy atom. The van der Waals surface area contributed by atoms with Crippen LogP contribution in [0.1, 0.15) is 23.5 Å². The van der Waals surface area contributed by atoms with Gasteiger partial charge in [0, 0.05) is 29.7 Å². The maximum Gasteiger partial charge on any atom is 0.316 e. The molecular formula is C17H17N5O6S3. The molecule has 0 spiro atoms. The zero-order valence-electron chi connectivity index (χ0n) is 15.9. The summed E-state index contributed by atoms with van der Waals surface area (Å²) in [5.74, 6) is -0.373. The van der Waals surface area contributed by atoms with Gasteiger partial charge in [0.2, 0.25) is 15.8 Å². The van der Waals surface area contributed by atoms with E-state index in [2.05, 4.69) is 14.9 Å². The molecule has 1 fully saturated rings. The van der Waals surface area contributed by atoms with Gasteiger partial charge < -0.3 is 9.42 Å². The third-order valence-corrected chi connectivity index (χ3v) is 8.29. The van der Waals surface area contributed by atoms with E-state index in [0.717, 1.165) is 24.2 Å². The van der Waals surface area contributed by atoms with Gasteiger partial charge in [-0.15, -0.1) is 11.3 Å². The summed E-state index contributed by atoms with van der Waals surface area (Å²) in [5, 5.41) is 10.3. The molecule has 0 bridgehead atoms. The van der Waals surface area contributed by atoms with E-state index < -0.39 is 20.0 Å². The molecule has 0 saturated carbocycles. The first-order valence-electron chi connectivity index (χ1n) is 9.01. The fourth-order valence-electron chi connectivity index (χ4n) is 2.98. The van der Waals surface area contributed by atoms with Crippen LogP contribution < -0.4 is 9.86 Å². The van der Waals surface area contributed by atoms with Crippen LogP contribution in [0.15, 0.2) is 49.3 Å². The first-order valence-corrected chi connectivity index (χ1v) is 12.9. The van der Waals surface area contributed by atoms with Crippen LogP contribution in [0.2, 0.25) is 0 Å². The van der Waals surface area contributed by atoms with Gasteiger partial charge in [-0.2, -0.15) is 4.98 Å². The Hall–Kier alpha value is -2.81. The van der Waals surface area contributed by atoms with E-state index in [-0.39, 0.29) is 32.4 Å². The average molecular weight is 484 g/mol. The van der Waals surface area contributed by atoms with E-state index in [0.29, 0.717) is 18.7 Å². The highest BCUT2D eigenvalue weighted by atomic mass is 32.2. The van der Waals surface area contributed by atoms with Crippen LogP contribution in [-0.2, 0) is 20.0 Å². The minimum Gasteiger partial charge on any atom is -0.334 e. The van der Waals surface area contributed by atoms with Crippen molar-refractivity contribution in [2.45, 2.75) is 21.9 Å². The van der Waals surface area contributed by atoms with Crippen molar-refractivity contribution in [3.63, 3.8) is 0 Å². The fourth-order valence-corrected chi connectivity index (χ4v) is 5.71. The Morgan fingerprint density at radius 1 is 1.13 bits per heavy atom. The van der Waals surface area contributed by atoms with E-state index in [9.17, 15) is 21.6 Å². The quantitative estimate of drug-likeness (QED) is 0.532. The predicted molar refractivity (Wildman–Crippen MR) is 111 cm³/mol. The number of anilines is 1. The minimum absolute atomic E-state index is 0.0183. The number of aromatic nitrogens is 2. The lowest BCUT2D eigenvalue weighted by atomic mass is 10.3. The molecule has 1 aromatic carbocycles. The molecule has 3 N–H and O–H groups in total. The number of nitrogens with one attached hydrogen (secondary N) is 1. The zero-order chi connectivity index (χ0) is 22.2. The number of rotatable bonds is 6. The second-order valence-electron chi connectivity index (χ2n) is 6.75. The summed E-state index contributed by atoms with van der Waals surface area (Å²) in [7, 11) is -7.82. The molecule has 1 aliphatic rings. The molecule has 1 amide bonds. The number of primary sulfonamides is 1. The number of carbonyl (C=O) groups is 1. The van der Waals surface area contributed by atoms with Crippen LogP contribution in [0.4, 0.5) is 5.69 Å². The van der Waals surface area contributed by atoms with Crippen molar-refractivity contribution in [3.05, 3.63) is 41.6 Å². The summed E-state index contributed by atoms with van der Waals surface area (Å²) in [6, 6.07) is 6.35. The molecule has 3 aromatic rings. The van der Waals surface area contributed by atoms with Gasteiger partial charge in [-0.25, -0.2) is 22.0 Å². The maximum absolute atomic E-state index is 12.6. The Bertz CT molecular complexity index is 1320. The van der Waals surface area contributed by atoms with Gasteiger partial charge in [0.1, 0.15) is 4.21 Å². The number of amides is 1. The van der Waals surface area contributed by atoms with Crippen molar-refractivity contribution >= 4 is 43.0 Å². The first-order chi connectivity index (χ1) is 14.6. The Kier molecular flexibility index (Phi) is 5.55. The number of carbonyl (C=O) groups excluding carboxylic acids is 1. The molecule has 1 aliphatic heterocycles. The molecule has 4 rings (SSSR count). The van der Waals surface area contributed by atoms with Crippen LogP contribution in [0, 0.1) is 0 Å².